The quantitative estimate of drug-likeness (QED) is 0.0743. The molecule has 3 aromatic carbocycles. The second-order valence-electron chi connectivity index (χ2n) is 32.6. The number of likely N-dealkylation sites (N-methyl/N-ethyl adjacent to an activating group) is 2. The Labute approximate surface area is 773 Å². The molecule has 8 N–H and O–H groups in total. The van der Waals surface area contributed by atoms with Crippen molar-refractivity contribution in [3.63, 3.8) is 0 Å². The number of nitrogens with one attached hydrogen (secondary N) is 6. The lowest BCUT2D eigenvalue weighted by atomic mass is 10.00. The molecule has 5 aliphatic rings. The van der Waals surface area contributed by atoms with Gasteiger partial charge in [-0.1, -0.05) is 80.2 Å². The molecule has 13 aromatic heterocycles. The van der Waals surface area contributed by atoms with E-state index in [-0.39, 0.29) is 157 Å². The van der Waals surface area contributed by atoms with E-state index < -0.39 is 23.6 Å². The van der Waals surface area contributed by atoms with Gasteiger partial charge in [0.05, 0.1) is 11.4 Å². The number of amides is 6. The number of allylic oxidation sites excluding steroid dienone is 2. The molecule has 18 heterocycles. The largest absolute Gasteiger partial charge is 0.443 e. The maximum atomic E-state index is 13.1. The highest BCUT2D eigenvalue weighted by molar-refractivity contribution is 6.09. The number of fused-ring (bicyclic) bond motifs is 46. The van der Waals surface area contributed by atoms with Crippen LogP contribution in [0.25, 0.3) is 116 Å². The van der Waals surface area contributed by atoms with E-state index in [0.717, 1.165) is 69.5 Å². The summed E-state index contributed by atoms with van der Waals surface area (Å²) in [6.07, 6.45) is 20.2. The lowest BCUT2D eigenvalue weighted by molar-refractivity contribution is -0.118. The number of aliphatic imine (C=N–C) groups is 2. The van der Waals surface area contributed by atoms with E-state index in [1.165, 1.54) is 62.6 Å². The summed E-state index contributed by atoms with van der Waals surface area (Å²) in [5.41, 5.74) is 21.4. The molecule has 36 bridgehead atoms. The number of oxazole rings is 10. The first-order valence-corrected chi connectivity index (χ1v) is 42.7. The average molecular weight is 1830 g/mol. The zero-order valence-electron chi connectivity index (χ0n) is 73.2. The Morgan fingerprint density at radius 3 is 0.831 bits per heavy atom. The Bertz CT molecular complexity index is 7230. The molecule has 2 unspecified atom stereocenters. The van der Waals surface area contributed by atoms with Crippen molar-refractivity contribution >= 4 is 46.9 Å². The third-order valence-corrected chi connectivity index (χ3v) is 21.8. The molecule has 0 radical (unpaired) electrons. The summed E-state index contributed by atoms with van der Waals surface area (Å²) in [6.45, 7) is 6.40. The molecule has 21 rings (SSSR count). The van der Waals surface area contributed by atoms with Crippen LogP contribution in [0, 0.1) is 0 Å². The van der Waals surface area contributed by atoms with Crippen LogP contribution in [0.4, 0.5) is 0 Å². The van der Waals surface area contributed by atoms with Gasteiger partial charge in [0, 0.05) is 70.7 Å². The lowest BCUT2D eigenvalue weighted by Gasteiger charge is -2.20. The standard InChI is InChI=1S/C33H30N8O5.C32H28N8O5.C30H24N8O6.CH4/c1-18(41(2)3)9-19-10-20-12-21(11-19)14-35-30(43)27-16-45-33(39-27)28-17-46-32(40-28)25-6-4-5-24(37-25)31-38-26(15-44-31)22-7-8-23(36-22)29(42)34-13-20;1-40(2)9-8-18-10-19-12-20(11-18)14-34-29(42)26-16-44-32(38-26)27-17-45-31(39-27)24-5-3-4-23(36-24)30-37-25(15-43-30)21-6-7-22(35-21)28(41)33-13-19;1-15(31)5-16-6-17-8-18(7-16)10-33-26(40)22-12-42-30(36-22)24-14-44-28(38-24)20-4-2-3-19(34-20)27-37-23(13-43-27)29-35-21(11-41-29)25(39)32-9-17;/h4-6,8,10-12,15-18H,7,9,13-14H2,1-3H3,(H,34,42)(H,35,43);3-5,7,10-12,15-17H,6,8-9,13-14H2,1-2H3,(H,33,41)(H,34,42);2-4,6-8,11-15H,5,9-10,31H2,1H3,(H,32,39)(H,33,40);1H4. The summed E-state index contributed by atoms with van der Waals surface area (Å²) >= 11 is 0. The van der Waals surface area contributed by atoms with Gasteiger partial charge in [0.25, 0.3) is 35.4 Å². The number of hydrogen-bond donors (Lipinski definition) is 7. The van der Waals surface area contributed by atoms with Gasteiger partial charge in [-0.05, 0) is 160 Å². The molecule has 2 atom stereocenters. The van der Waals surface area contributed by atoms with Crippen molar-refractivity contribution in [2.24, 2.45) is 15.7 Å². The molecule has 0 fully saturated rings. The Kier molecular flexibility index (Phi) is 25.6. The van der Waals surface area contributed by atoms with Crippen molar-refractivity contribution in [1.82, 2.24) is 106 Å². The number of nitrogens with zero attached hydrogens (tertiary/aromatic N) is 17. The van der Waals surface area contributed by atoms with E-state index in [2.05, 4.69) is 148 Å². The number of pyridine rings is 3. The van der Waals surface area contributed by atoms with Crippen LogP contribution < -0.4 is 37.6 Å². The van der Waals surface area contributed by atoms with Gasteiger partial charge in [0.2, 0.25) is 58.9 Å². The highest BCUT2D eigenvalue weighted by atomic mass is 16.4. The third kappa shape index (κ3) is 20.6. The van der Waals surface area contributed by atoms with Gasteiger partial charge in [-0.2, -0.15) is 0 Å². The number of nitrogens with two attached hydrogens (primary N) is 1. The van der Waals surface area contributed by atoms with Gasteiger partial charge in [-0.3, -0.25) is 28.8 Å². The maximum Gasteiger partial charge on any atom is 0.273 e. The average Bonchev–Trinajstić information content (AvgIpc) is 1.65. The minimum absolute atomic E-state index is 0. The van der Waals surface area contributed by atoms with Crippen molar-refractivity contribution in [2.45, 2.75) is 105 Å². The third-order valence-electron chi connectivity index (χ3n) is 21.8. The first-order valence-electron chi connectivity index (χ1n) is 42.7. The Morgan fingerprint density at radius 2 is 0.551 bits per heavy atom. The van der Waals surface area contributed by atoms with Crippen LogP contribution in [0.3, 0.4) is 0 Å². The van der Waals surface area contributed by atoms with E-state index in [1.54, 1.807) is 66.7 Å². The summed E-state index contributed by atoms with van der Waals surface area (Å²) in [7, 11) is 8.10. The first-order chi connectivity index (χ1) is 65.5. The van der Waals surface area contributed by atoms with Crippen LogP contribution in [0.1, 0.15) is 138 Å². The van der Waals surface area contributed by atoms with E-state index >= 15 is 0 Å². The van der Waals surface area contributed by atoms with E-state index in [0.29, 0.717) is 106 Å². The highest BCUT2D eigenvalue weighted by Gasteiger charge is 2.29. The molecule has 686 valence electrons. The molecular formula is C96H86N24O16. The van der Waals surface area contributed by atoms with Gasteiger partial charge in [-0.15, -0.1) is 0 Å². The van der Waals surface area contributed by atoms with Crippen LogP contribution in [0.2, 0.25) is 0 Å². The highest BCUT2D eigenvalue weighted by Crippen LogP contribution is 2.34. The molecule has 5 aliphatic heterocycles. The second-order valence-corrected chi connectivity index (χ2v) is 32.6. The van der Waals surface area contributed by atoms with Crippen LogP contribution in [0.5, 0.6) is 0 Å². The number of aromatic nitrogens is 13. The van der Waals surface area contributed by atoms with Crippen molar-refractivity contribution in [2.75, 3.05) is 34.7 Å². The fraction of sp³-hybridized carbons (Fsp3) is 0.219. The molecule has 0 saturated carbocycles. The van der Waals surface area contributed by atoms with Crippen LogP contribution in [0.15, 0.2) is 250 Å². The van der Waals surface area contributed by atoms with E-state index in [9.17, 15) is 28.8 Å². The number of hydrogen-bond acceptors (Lipinski definition) is 34. The van der Waals surface area contributed by atoms with Crippen LogP contribution >= 0.6 is 0 Å². The summed E-state index contributed by atoms with van der Waals surface area (Å²) in [4.78, 5) is 149. The predicted octanol–water partition coefficient (Wildman–Crippen LogP) is 12.4. The molecule has 6 amide bonds. The van der Waals surface area contributed by atoms with Crippen molar-refractivity contribution in [1.29, 1.82) is 0 Å². The molecule has 0 saturated heterocycles. The lowest BCUT2D eigenvalue weighted by Crippen LogP contribution is -2.27. The molecule has 0 spiro atoms. The summed E-state index contributed by atoms with van der Waals surface area (Å²) in [6, 6.07) is 33.9. The fourth-order valence-corrected chi connectivity index (χ4v) is 14.9. The zero-order valence-corrected chi connectivity index (χ0v) is 73.2. The number of benzene rings is 3. The smallest absolute Gasteiger partial charge is 0.273 e. The van der Waals surface area contributed by atoms with E-state index in [4.69, 9.17) is 49.9 Å². The Morgan fingerprint density at radius 1 is 0.309 bits per heavy atom. The summed E-state index contributed by atoms with van der Waals surface area (Å²) in [5.74, 6) is -0.406. The fourth-order valence-electron chi connectivity index (χ4n) is 14.9. The molecule has 0 aliphatic carbocycles. The minimum atomic E-state index is -0.438. The molecule has 16 aromatic rings. The second kappa shape index (κ2) is 39.0. The van der Waals surface area contributed by atoms with Gasteiger partial charge in [0.1, 0.15) is 120 Å². The van der Waals surface area contributed by atoms with Crippen LogP contribution in [-0.4, -0.2) is 168 Å². The molecular weight excluding hydrogens is 1750 g/mol. The van der Waals surface area contributed by atoms with Crippen molar-refractivity contribution in [3.05, 3.63) is 280 Å². The molecule has 40 heteroatoms. The van der Waals surface area contributed by atoms with Gasteiger partial charge >= 0.3 is 0 Å². The van der Waals surface area contributed by atoms with E-state index in [1.807, 2.05) is 65.4 Å². The van der Waals surface area contributed by atoms with Gasteiger partial charge in [-0.25, -0.2) is 74.8 Å². The maximum absolute atomic E-state index is 13.1. The van der Waals surface area contributed by atoms with Crippen molar-refractivity contribution < 1.29 is 72.9 Å². The normalized spacial score (nSPS) is 14.7. The van der Waals surface area contributed by atoms with Crippen LogP contribution in [-0.2, 0) is 68.1 Å². The van der Waals surface area contributed by atoms with Gasteiger partial charge in [0.15, 0.2) is 45.6 Å². The summed E-state index contributed by atoms with van der Waals surface area (Å²) in [5, 5.41) is 17.5. The van der Waals surface area contributed by atoms with Crippen molar-refractivity contribution in [3.8, 4) is 116 Å². The van der Waals surface area contributed by atoms with Gasteiger partial charge < -0.3 is 91.6 Å². The number of carbonyl (C=O) groups is 6. The SMILES string of the molecule is C.CC(Cc1cc2cc(c1)CNC(=O)c1coc(n1)-c1coc(n1)-c1cccc(n1)-c1nc(co1)C1=NC(=CC1)C(=O)NC2)N(C)C.CC(N)Cc1cc2cc(c1)CNC(=O)c1coc(n1)-c1coc(n1)-c1cccc(n1)-c1nc(co1)-c1nc(co1)C(=O)NC2.CN(C)CCc1cc2cc(c1)CNC(=O)c1coc(n1)-c1coc(n1)-c1cccc(n1)-c1nc(co1)C1=NC(=CC1)C(=O)NC2. The number of carbonyl (C=O) groups excluding carboxylic acids is 6. The summed E-state index contributed by atoms with van der Waals surface area (Å²) < 4.78 is 56.2. The molecule has 136 heavy (non-hydrogen) atoms. The first kappa shape index (κ1) is 89.3. The predicted molar refractivity (Wildman–Crippen MR) is 487 cm³/mol. The Hall–Kier alpha value is -17.3. The monoisotopic (exact) mass is 1830 g/mol. The number of rotatable bonds is 8. The minimum Gasteiger partial charge on any atom is -0.443 e. The molecule has 40 nitrogen and oxygen atoms in total. The Balaban J connectivity index is 0.000000135. The zero-order chi connectivity index (χ0) is 92.9. The topological polar surface area (TPSA) is 531 Å².